The van der Waals surface area contributed by atoms with Gasteiger partial charge in [0, 0.05) is 37.3 Å². The second kappa shape index (κ2) is 9.34. The molecule has 0 spiro atoms. The first-order valence-electron chi connectivity index (χ1n) is 10.9. The van der Waals surface area contributed by atoms with Crippen LogP contribution in [0.4, 0.5) is 39.0 Å². The normalized spacial score (nSPS) is 13.9. The molecule has 0 radical (unpaired) electrons. The highest BCUT2D eigenvalue weighted by molar-refractivity contribution is 6.33. The predicted molar refractivity (Wildman–Crippen MR) is 126 cm³/mol. The molecule has 186 valence electrons. The van der Waals surface area contributed by atoms with Gasteiger partial charge in [0.25, 0.3) is 5.91 Å². The van der Waals surface area contributed by atoms with Crippen molar-refractivity contribution in [2.45, 2.75) is 0 Å². The molecule has 0 atom stereocenters. The molecule has 1 amide bonds. The number of nitrogens with zero attached hydrogens (tertiary/aromatic N) is 2. The average Bonchev–Trinajstić information content (AvgIpc) is 3.32. The third-order valence-electron chi connectivity index (χ3n) is 5.98. The number of hydrogen-bond donors (Lipinski definition) is 1. The Kier molecular flexibility index (Phi) is 6.21. The van der Waals surface area contributed by atoms with E-state index in [0.717, 1.165) is 10.3 Å². The Morgan fingerprint density at radius 3 is 2.06 bits per heavy atom. The van der Waals surface area contributed by atoms with Crippen molar-refractivity contribution in [1.82, 2.24) is 0 Å². The van der Waals surface area contributed by atoms with Gasteiger partial charge in [-0.2, -0.15) is 0 Å². The van der Waals surface area contributed by atoms with E-state index >= 15 is 0 Å². The highest BCUT2D eigenvalue weighted by Gasteiger charge is 2.31. The molecule has 5 nitrogen and oxygen atoms in total. The molecule has 1 fully saturated rings. The van der Waals surface area contributed by atoms with Crippen molar-refractivity contribution in [2.75, 3.05) is 41.3 Å². The third kappa shape index (κ3) is 4.21. The number of nitrogens with one attached hydrogen (secondary N) is 1. The second-order valence-corrected chi connectivity index (χ2v) is 8.57. The minimum absolute atomic E-state index is 0.000772. The highest BCUT2D eigenvalue weighted by Crippen LogP contribution is 2.34. The van der Waals surface area contributed by atoms with Crippen LogP contribution in [0.5, 0.6) is 0 Å². The lowest BCUT2D eigenvalue weighted by atomic mass is 10.2. The molecular weight excluding hydrogens is 505 g/mol. The van der Waals surface area contributed by atoms with Crippen molar-refractivity contribution in [3.8, 4) is 0 Å². The van der Waals surface area contributed by atoms with E-state index in [9.17, 15) is 26.7 Å². The summed E-state index contributed by atoms with van der Waals surface area (Å²) in [5, 5.41) is 3.82. The Hall–Kier alpha value is -3.79. The molecule has 3 aromatic carbocycles. The highest BCUT2D eigenvalue weighted by atomic mass is 35.5. The van der Waals surface area contributed by atoms with Crippen molar-refractivity contribution in [3.63, 3.8) is 0 Å². The van der Waals surface area contributed by atoms with Crippen LogP contribution in [-0.4, -0.2) is 32.1 Å². The van der Waals surface area contributed by atoms with E-state index in [1.54, 1.807) is 36.4 Å². The van der Waals surface area contributed by atoms with E-state index in [-0.39, 0.29) is 31.9 Å². The van der Waals surface area contributed by atoms with Gasteiger partial charge in [0.15, 0.2) is 29.0 Å². The summed E-state index contributed by atoms with van der Waals surface area (Å²) < 4.78 is 74.4. The van der Waals surface area contributed by atoms with Crippen molar-refractivity contribution >= 4 is 45.5 Å². The van der Waals surface area contributed by atoms with Gasteiger partial charge < -0.3 is 19.5 Å². The van der Waals surface area contributed by atoms with Crippen LogP contribution < -0.4 is 15.1 Å². The minimum atomic E-state index is -2.19. The molecule has 5 rings (SSSR count). The first-order valence-corrected chi connectivity index (χ1v) is 11.2. The topological polar surface area (TPSA) is 48.7 Å². The lowest BCUT2D eigenvalue weighted by Gasteiger charge is -2.38. The van der Waals surface area contributed by atoms with Crippen LogP contribution in [0.15, 0.2) is 52.9 Å². The Morgan fingerprint density at radius 1 is 0.806 bits per heavy atom. The smallest absolute Gasteiger partial charge is 0.291 e. The van der Waals surface area contributed by atoms with Crippen LogP contribution in [0.2, 0.25) is 5.02 Å². The standard InChI is InChI=1S/C25H17ClF5N3O2/c26-15-12-14(32-25(35)18-11-13-3-1-2-4-17(13)36-18)5-6-16(15)33-7-9-34(10-8-33)24-22(30)20(28)19(27)21(29)23(24)31/h1-6,11-12H,7-10H2,(H,32,35). The number of anilines is 3. The predicted octanol–water partition coefficient (Wildman–Crippen LogP) is 6.36. The van der Waals surface area contributed by atoms with E-state index < -0.39 is 40.7 Å². The van der Waals surface area contributed by atoms with Gasteiger partial charge in [0.1, 0.15) is 11.3 Å². The van der Waals surface area contributed by atoms with Crippen molar-refractivity contribution in [2.24, 2.45) is 0 Å². The number of benzene rings is 3. The van der Waals surface area contributed by atoms with Crippen LogP contribution in [0.1, 0.15) is 10.6 Å². The maximum absolute atomic E-state index is 14.2. The summed E-state index contributed by atoms with van der Waals surface area (Å²) in [5.41, 5.74) is 0.659. The van der Waals surface area contributed by atoms with Crippen LogP contribution >= 0.6 is 11.6 Å². The molecule has 0 saturated carbocycles. The van der Waals surface area contributed by atoms with Gasteiger partial charge >= 0.3 is 0 Å². The number of carbonyl (C=O) groups is 1. The summed E-state index contributed by atoms with van der Waals surface area (Å²) in [5.74, 6) is -10.2. The van der Waals surface area contributed by atoms with Crippen LogP contribution in [0.25, 0.3) is 11.0 Å². The summed E-state index contributed by atoms with van der Waals surface area (Å²) in [6.45, 7) is 0.423. The first-order chi connectivity index (χ1) is 17.2. The van der Waals surface area contributed by atoms with Crippen molar-refractivity contribution < 1.29 is 31.2 Å². The largest absolute Gasteiger partial charge is 0.451 e. The van der Waals surface area contributed by atoms with E-state index in [1.165, 1.54) is 0 Å². The zero-order valence-electron chi connectivity index (χ0n) is 18.4. The summed E-state index contributed by atoms with van der Waals surface area (Å²) in [6, 6.07) is 13.7. The molecule has 2 heterocycles. The number of furan rings is 1. The fourth-order valence-electron chi connectivity index (χ4n) is 4.17. The van der Waals surface area contributed by atoms with E-state index in [2.05, 4.69) is 5.32 Å². The summed E-state index contributed by atoms with van der Waals surface area (Å²) >= 11 is 6.43. The molecule has 1 aliphatic rings. The maximum Gasteiger partial charge on any atom is 0.291 e. The van der Waals surface area contributed by atoms with E-state index in [1.807, 2.05) is 17.0 Å². The quantitative estimate of drug-likeness (QED) is 0.193. The fraction of sp³-hybridized carbons (Fsp3) is 0.160. The zero-order chi connectivity index (χ0) is 25.6. The van der Waals surface area contributed by atoms with E-state index in [0.29, 0.717) is 22.0 Å². The van der Waals surface area contributed by atoms with Crippen molar-refractivity contribution in [3.05, 3.63) is 88.4 Å². The Balaban J connectivity index is 1.28. The second-order valence-electron chi connectivity index (χ2n) is 8.16. The lowest BCUT2D eigenvalue weighted by molar-refractivity contribution is 0.0998. The maximum atomic E-state index is 14.2. The molecule has 0 aliphatic carbocycles. The molecule has 1 saturated heterocycles. The van der Waals surface area contributed by atoms with Gasteiger partial charge in [-0.15, -0.1) is 0 Å². The van der Waals surface area contributed by atoms with Crippen molar-refractivity contribution in [1.29, 1.82) is 0 Å². The monoisotopic (exact) mass is 521 g/mol. The molecule has 1 aromatic heterocycles. The molecule has 11 heteroatoms. The fourth-order valence-corrected chi connectivity index (χ4v) is 4.47. The Morgan fingerprint density at radius 2 is 1.42 bits per heavy atom. The van der Waals surface area contributed by atoms with Gasteiger partial charge in [-0.1, -0.05) is 29.8 Å². The Labute approximate surface area is 206 Å². The number of rotatable bonds is 4. The van der Waals surface area contributed by atoms with Gasteiger partial charge in [-0.05, 0) is 30.3 Å². The summed E-state index contributed by atoms with van der Waals surface area (Å²) in [4.78, 5) is 15.5. The molecular formula is C25H17ClF5N3O2. The van der Waals surface area contributed by atoms with Gasteiger partial charge in [-0.25, -0.2) is 22.0 Å². The van der Waals surface area contributed by atoms with E-state index in [4.69, 9.17) is 16.0 Å². The molecule has 36 heavy (non-hydrogen) atoms. The minimum Gasteiger partial charge on any atom is -0.451 e. The molecule has 0 unspecified atom stereocenters. The lowest BCUT2D eigenvalue weighted by Crippen LogP contribution is -2.47. The first kappa shape index (κ1) is 23.9. The molecule has 4 aromatic rings. The number of halogens is 6. The van der Waals surface area contributed by atoms with Gasteiger partial charge in [0.2, 0.25) is 5.82 Å². The zero-order valence-corrected chi connectivity index (χ0v) is 19.2. The number of amides is 1. The third-order valence-corrected chi connectivity index (χ3v) is 6.28. The van der Waals surface area contributed by atoms with Crippen LogP contribution in [-0.2, 0) is 0 Å². The number of fused-ring (bicyclic) bond motifs is 1. The average molecular weight is 522 g/mol. The number of hydrogen-bond acceptors (Lipinski definition) is 4. The number of piperazine rings is 1. The van der Waals surface area contributed by atoms with Crippen LogP contribution in [0, 0.1) is 29.1 Å². The number of para-hydroxylation sites is 1. The summed E-state index contributed by atoms with van der Waals surface area (Å²) in [6.07, 6.45) is 0. The van der Waals surface area contributed by atoms with Gasteiger partial charge in [-0.3, -0.25) is 4.79 Å². The number of carbonyl (C=O) groups excluding carboxylic acids is 1. The summed E-state index contributed by atoms with van der Waals surface area (Å²) in [7, 11) is 0. The Bertz CT molecular complexity index is 1420. The molecule has 1 N–H and O–H groups in total. The van der Waals surface area contributed by atoms with Gasteiger partial charge in [0.05, 0.1) is 10.7 Å². The molecule has 1 aliphatic heterocycles. The molecule has 0 bridgehead atoms. The SMILES string of the molecule is O=C(Nc1ccc(N2CCN(c3c(F)c(F)c(F)c(F)c3F)CC2)c(Cl)c1)c1cc2ccccc2o1. The van der Waals surface area contributed by atoms with Crippen LogP contribution in [0.3, 0.4) is 0 Å².